The molecule has 1 N–H and O–H groups in total. The predicted octanol–water partition coefficient (Wildman–Crippen LogP) is 4.07. The van der Waals surface area contributed by atoms with Crippen LogP contribution in [-0.2, 0) is 24.1 Å². The lowest BCUT2D eigenvalue weighted by Gasteiger charge is -2.28. The van der Waals surface area contributed by atoms with Gasteiger partial charge < -0.3 is 10.2 Å². The second-order valence-electron chi connectivity index (χ2n) is 7.50. The first-order valence-electron chi connectivity index (χ1n) is 10.2. The molecule has 2 aromatic heterocycles. The minimum atomic E-state index is 0.203. The fourth-order valence-corrected chi connectivity index (χ4v) is 4.27. The normalized spacial score (nSPS) is 15.2. The van der Waals surface area contributed by atoms with Gasteiger partial charge in [0.1, 0.15) is 11.5 Å². The zero-order chi connectivity index (χ0) is 19.8. The number of rotatable bonds is 4. The number of anilines is 3. The van der Waals surface area contributed by atoms with E-state index in [1.54, 1.807) is 6.20 Å². The molecule has 146 valence electrons. The number of carbonyl (C=O) groups excluding carboxylic acids is 1. The van der Waals surface area contributed by atoms with Gasteiger partial charge in [0.15, 0.2) is 5.82 Å². The molecule has 6 nitrogen and oxygen atoms in total. The van der Waals surface area contributed by atoms with Gasteiger partial charge in [0.05, 0.1) is 0 Å². The maximum absolute atomic E-state index is 12.2. The van der Waals surface area contributed by atoms with Crippen LogP contribution in [0.5, 0.6) is 0 Å². The Hall–Kier alpha value is -3.28. The lowest BCUT2D eigenvalue weighted by atomic mass is 10.0. The van der Waals surface area contributed by atoms with Crippen LogP contribution in [0.15, 0.2) is 42.6 Å². The first kappa shape index (κ1) is 17.8. The van der Waals surface area contributed by atoms with Gasteiger partial charge in [-0.2, -0.15) is 0 Å². The van der Waals surface area contributed by atoms with E-state index in [0.717, 1.165) is 54.3 Å². The fourth-order valence-electron chi connectivity index (χ4n) is 4.27. The Labute approximate surface area is 170 Å². The summed E-state index contributed by atoms with van der Waals surface area (Å²) in [6.07, 6.45) is 6.18. The number of aromatic nitrogens is 3. The van der Waals surface area contributed by atoms with E-state index in [2.05, 4.69) is 16.4 Å². The lowest BCUT2D eigenvalue weighted by molar-refractivity contribution is -0.118. The van der Waals surface area contributed by atoms with E-state index >= 15 is 0 Å². The predicted molar refractivity (Wildman–Crippen MR) is 113 cm³/mol. The number of carbonyl (C=O) groups is 1. The largest absolute Gasteiger partial charge is 0.340 e. The highest BCUT2D eigenvalue weighted by Crippen LogP contribution is 2.34. The van der Waals surface area contributed by atoms with Gasteiger partial charge in [0.2, 0.25) is 5.91 Å². The van der Waals surface area contributed by atoms with E-state index in [4.69, 9.17) is 9.97 Å². The summed E-state index contributed by atoms with van der Waals surface area (Å²) in [5.41, 5.74) is 6.32. The fraction of sp³-hybridized carbons (Fsp3) is 0.304. The van der Waals surface area contributed by atoms with Gasteiger partial charge in [0.25, 0.3) is 0 Å². The Morgan fingerprint density at radius 1 is 1.07 bits per heavy atom. The smallest absolute Gasteiger partial charge is 0.227 e. The Morgan fingerprint density at radius 2 is 2.00 bits per heavy atom. The lowest BCUT2D eigenvalue weighted by Crippen LogP contribution is -2.34. The molecule has 0 unspecified atom stereocenters. The Balaban J connectivity index is 1.51. The minimum absolute atomic E-state index is 0.203. The summed E-state index contributed by atoms with van der Waals surface area (Å²) in [4.78, 5) is 28.0. The van der Waals surface area contributed by atoms with Crippen LogP contribution >= 0.6 is 0 Å². The van der Waals surface area contributed by atoms with E-state index in [0.29, 0.717) is 18.8 Å². The van der Waals surface area contributed by atoms with Crippen molar-refractivity contribution >= 4 is 23.1 Å². The van der Waals surface area contributed by atoms with E-state index < -0.39 is 0 Å². The summed E-state index contributed by atoms with van der Waals surface area (Å²) in [6, 6.07) is 12.0. The molecular formula is C23H23N5O. The van der Waals surface area contributed by atoms with Gasteiger partial charge >= 0.3 is 0 Å². The van der Waals surface area contributed by atoms with E-state index in [9.17, 15) is 4.79 Å². The summed E-state index contributed by atoms with van der Waals surface area (Å²) in [5, 5.41) is 3.53. The summed E-state index contributed by atoms with van der Waals surface area (Å²) >= 11 is 0. The van der Waals surface area contributed by atoms with Gasteiger partial charge in [-0.3, -0.25) is 9.78 Å². The Morgan fingerprint density at radius 3 is 2.83 bits per heavy atom. The van der Waals surface area contributed by atoms with Crippen molar-refractivity contribution in [1.82, 2.24) is 15.0 Å². The minimum Gasteiger partial charge on any atom is -0.340 e. The average Bonchev–Trinajstić information content (AvgIpc) is 3.23. The molecule has 0 spiro atoms. The third kappa shape index (κ3) is 3.24. The van der Waals surface area contributed by atoms with Crippen molar-refractivity contribution in [2.24, 2.45) is 0 Å². The van der Waals surface area contributed by atoms with Crippen LogP contribution in [-0.4, -0.2) is 27.4 Å². The molecule has 0 bridgehead atoms. The quantitative estimate of drug-likeness (QED) is 0.733. The molecule has 5 rings (SSSR count). The maximum atomic E-state index is 12.2. The molecule has 0 atom stereocenters. The third-order valence-corrected chi connectivity index (χ3v) is 5.69. The van der Waals surface area contributed by atoms with Crippen LogP contribution in [0.25, 0.3) is 11.5 Å². The number of aryl methyl sites for hydroxylation is 2. The molecule has 0 saturated heterocycles. The van der Waals surface area contributed by atoms with E-state index in [1.165, 1.54) is 11.1 Å². The van der Waals surface area contributed by atoms with Crippen LogP contribution in [0.1, 0.15) is 36.6 Å². The van der Waals surface area contributed by atoms with Gasteiger partial charge in [-0.1, -0.05) is 6.07 Å². The average molecular weight is 385 g/mol. The SMILES string of the molecule is CCN1C(=O)CCc2cc(Nc3nc(-c4ccccn4)nc4c3CCC4)ccc21. The molecule has 3 heterocycles. The van der Waals surface area contributed by atoms with Crippen molar-refractivity contribution in [3.63, 3.8) is 0 Å². The number of pyridine rings is 1. The van der Waals surface area contributed by atoms with Crippen LogP contribution in [0.3, 0.4) is 0 Å². The van der Waals surface area contributed by atoms with Gasteiger partial charge in [-0.05, 0) is 68.5 Å². The molecular weight excluding hydrogens is 362 g/mol. The summed E-state index contributed by atoms with van der Waals surface area (Å²) in [6.45, 7) is 2.72. The number of hydrogen-bond donors (Lipinski definition) is 1. The highest BCUT2D eigenvalue weighted by Gasteiger charge is 2.24. The van der Waals surface area contributed by atoms with Crippen molar-refractivity contribution in [3.05, 3.63) is 59.4 Å². The first-order valence-corrected chi connectivity index (χ1v) is 10.2. The van der Waals surface area contributed by atoms with Gasteiger partial charge in [0, 0.05) is 41.8 Å². The van der Waals surface area contributed by atoms with Crippen molar-refractivity contribution in [2.75, 3.05) is 16.8 Å². The Kier molecular flexibility index (Phi) is 4.46. The highest BCUT2D eigenvalue weighted by atomic mass is 16.2. The third-order valence-electron chi connectivity index (χ3n) is 5.69. The number of amides is 1. The summed E-state index contributed by atoms with van der Waals surface area (Å²) < 4.78 is 0. The second kappa shape index (κ2) is 7.28. The molecule has 6 heteroatoms. The Bertz CT molecular complexity index is 1080. The van der Waals surface area contributed by atoms with Crippen molar-refractivity contribution in [3.8, 4) is 11.5 Å². The van der Waals surface area contributed by atoms with Gasteiger partial charge in [-0.25, -0.2) is 9.97 Å². The molecule has 0 radical (unpaired) electrons. The molecule has 0 saturated carbocycles. The van der Waals surface area contributed by atoms with Crippen molar-refractivity contribution < 1.29 is 4.79 Å². The summed E-state index contributed by atoms with van der Waals surface area (Å²) in [7, 11) is 0. The summed E-state index contributed by atoms with van der Waals surface area (Å²) in [5.74, 6) is 1.73. The first-order chi connectivity index (χ1) is 14.2. The molecule has 1 aliphatic carbocycles. The molecule has 1 amide bonds. The number of fused-ring (bicyclic) bond motifs is 2. The van der Waals surface area contributed by atoms with Crippen LogP contribution in [0.2, 0.25) is 0 Å². The van der Waals surface area contributed by atoms with E-state index in [-0.39, 0.29) is 5.91 Å². The second-order valence-corrected chi connectivity index (χ2v) is 7.50. The van der Waals surface area contributed by atoms with Crippen LogP contribution in [0.4, 0.5) is 17.2 Å². The van der Waals surface area contributed by atoms with Crippen LogP contribution < -0.4 is 10.2 Å². The number of hydrogen-bond acceptors (Lipinski definition) is 5. The van der Waals surface area contributed by atoms with E-state index in [1.807, 2.05) is 42.2 Å². The molecule has 1 aliphatic heterocycles. The topological polar surface area (TPSA) is 71.0 Å². The molecule has 2 aliphatic rings. The molecule has 1 aromatic carbocycles. The van der Waals surface area contributed by atoms with Gasteiger partial charge in [-0.15, -0.1) is 0 Å². The van der Waals surface area contributed by atoms with Crippen molar-refractivity contribution in [1.29, 1.82) is 0 Å². The highest BCUT2D eigenvalue weighted by molar-refractivity contribution is 5.96. The number of nitrogens with zero attached hydrogens (tertiary/aromatic N) is 4. The number of nitrogens with one attached hydrogen (secondary N) is 1. The zero-order valence-electron chi connectivity index (χ0n) is 16.5. The maximum Gasteiger partial charge on any atom is 0.227 e. The monoisotopic (exact) mass is 385 g/mol. The molecule has 3 aromatic rings. The molecule has 0 fully saturated rings. The van der Waals surface area contributed by atoms with Crippen LogP contribution in [0, 0.1) is 0 Å². The zero-order valence-corrected chi connectivity index (χ0v) is 16.5. The molecule has 29 heavy (non-hydrogen) atoms. The standard InChI is InChI=1S/C23H23N5O/c1-2-28-20-11-10-16(14-15(20)9-12-21(28)29)25-22-17-6-5-8-18(17)26-23(27-22)19-7-3-4-13-24-19/h3-4,7,10-11,13-14H,2,5-6,8-9,12H2,1H3,(H,25,26,27). The van der Waals surface area contributed by atoms with Crippen molar-refractivity contribution in [2.45, 2.75) is 39.0 Å². The number of benzene rings is 1.